The second kappa shape index (κ2) is 5.08. The van der Waals surface area contributed by atoms with Crippen molar-refractivity contribution in [1.29, 1.82) is 0 Å². The van der Waals surface area contributed by atoms with Gasteiger partial charge in [-0.05, 0) is 17.9 Å². The molecule has 0 bridgehead atoms. The van der Waals surface area contributed by atoms with Crippen LogP contribution in [0.3, 0.4) is 0 Å². The first kappa shape index (κ1) is 13.1. The van der Waals surface area contributed by atoms with Crippen LogP contribution in [-0.2, 0) is 20.9 Å². The van der Waals surface area contributed by atoms with Crippen molar-refractivity contribution in [2.75, 3.05) is 0 Å². The van der Waals surface area contributed by atoms with Gasteiger partial charge in [0.2, 0.25) is 0 Å². The molecule has 1 fully saturated rings. The first-order valence-corrected chi connectivity index (χ1v) is 6.18. The summed E-state index contributed by atoms with van der Waals surface area (Å²) in [6.07, 6.45) is 0.0570. The van der Waals surface area contributed by atoms with Gasteiger partial charge in [0.25, 0.3) is 0 Å². The molecule has 0 amide bonds. The van der Waals surface area contributed by atoms with Crippen LogP contribution < -0.4 is 5.73 Å². The minimum atomic E-state index is -0.818. The molecule has 1 aromatic carbocycles. The molecule has 1 heterocycles. The average Bonchev–Trinajstić information content (AvgIpc) is 2.98. The second-order valence-corrected chi connectivity index (χ2v) is 5.14. The zero-order valence-electron chi connectivity index (χ0n) is 10.8. The molecule has 4 nitrogen and oxygen atoms in total. The molecule has 1 aromatic rings. The molecule has 2 N–H and O–H groups in total. The van der Waals surface area contributed by atoms with Gasteiger partial charge in [-0.3, -0.25) is 0 Å². The maximum atomic E-state index is 11.7. The van der Waals surface area contributed by atoms with Crippen molar-refractivity contribution in [3.63, 3.8) is 0 Å². The van der Waals surface area contributed by atoms with Crippen molar-refractivity contribution in [3.05, 3.63) is 35.9 Å². The van der Waals surface area contributed by atoms with Gasteiger partial charge >= 0.3 is 5.97 Å². The second-order valence-electron chi connectivity index (χ2n) is 5.14. The summed E-state index contributed by atoms with van der Waals surface area (Å²) < 4.78 is 10.5. The van der Waals surface area contributed by atoms with E-state index < -0.39 is 11.8 Å². The van der Waals surface area contributed by atoms with Gasteiger partial charge in [0.05, 0.1) is 0 Å². The monoisotopic (exact) mass is 249 g/mol. The van der Waals surface area contributed by atoms with Crippen LogP contribution in [0.5, 0.6) is 0 Å². The van der Waals surface area contributed by atoms with E-state index in [1.807, 2.05) is 44.2 Å². The zero-order valence-corrected chi connectivity index (χ0v) is 10.8. The van der Waals surface area contributed by atoms with Crippen LogP contribution in [0.25, 0.3) is 0 Å². The van der Waals surface area contributed by atoms with E-state index in [9.17, 15) is 4.79 Å². The highest BCUT2D eigenvalue weighted by Crippen LogP contribution is 2.37. The molecule has 2 unspecified atom stereocenters. The van der Waals surface area contributed by atoms with Crippen LogP contribution in [0.1, 0.15) is 25.8 Å². The quantitative estimate of drug-likeness (QED) is 0.638. The molecule has 1 saturated heterocycles. The topological polar surface area (TPSA) is 64.8 Å². The molecule has 1 aliphatic heterocycles. The fraction of sp³-hybridized carbons (Fsp3) is 0.500. The third-order valence-electron chi connectivity index (χ3n) is 2.89. The van der Waals surface area contributed by atoms with E-state index in [1.54, 1.807) is 0 Å². The molecule has 18 heavy (non-hydrogen) atoms. The van der Waals surface area contributed by atoms with Gasteiger partial charge < -0.3 is 15.2 Å². The normalized spacial score (nSPS) is 26.1. The third kappa shape index (κ3) is 3.09. The largest absolute Gasteiger partial charge is 0.459 e. The number of ether oxygens (including phenoxy) is 2. The summed E-state index contributed by atoms with van der Waals surface area (Å²) >= 11 is 0. The maximum Gasteiger partial charge on any atom is 0.340 e. The Morgan fingerprint density at radius 3 is 2.72 bits per heavy atom. The van der Waals surface area contributed by atoms with Gasteiger partial charge in [-0.15, -0.1) is 0 Å². The fourth-order valence-electron chi connectivity index (χ4n) is 2.03. The van der Waals surface area contributed by atoms with Gasteiger partial charge in [-0.25, -0.2) is 4.79 Å². The van der Waals surface area contributed by atoms with E-state index in [0.29, 0.717) is 12.3 Å². The molecular weight excluding hydrogens is 230 g/mol. The molecule has 0 aliphatic carbocycles. The number of epoxide rings is 1. The molecule has 0 aromatic heterocycles. The number of esters is 1. The first-order chi connectivity index (χ1) is 8.51. The van der Waals surface area contributed by atoms with Crippen molar-refractivity contribution < 1.29 is 14.3 Å². The number of rotatable bonds is 5. The summed E-state index contributed by atoms with van der Waals surface area (Å²) in [5, 5.41) is 0. The third-order valence-corrected chi connectivity index (χ3v) is 2.89. The van der Waals surface area contributed by atoms with Crippen LogP contribution in [0.4, 0.5) is 0 Å². The minimum Gasteiger partial charge on any atom is -0.459 e. The Balaban J connectivity index is 1.81. The van der Waals surface area contributed by atoms with Gasteiger partial charge in [0.15, 0.2) is 11.8 Å². The smallest absolute Gasteiger partial charge is 0.340 e. The molecule has 0 spiro atoms. The maximum absolute atomic E-state index is 11.7. The standard InChI is InChI=1S/C14H19NO3/c1-10(2)8-14(15)12(18-14)13(16)17-9-11-6-4-3-5-7-11/h3-7,10,12H,8-9,15H2,1-2H3. The summed E-state index contributed by atoms with van der Waals surface area (Å²) in [6, 6.07) is 9.55. The Morgan fingerprint density at radius 1 is 1.44 bits per heavy atom. The molecule has 1 aliphatic rings. The summed E-state index contributed by atoms with van der Waals surface area (Å²) in [5.74, 6) is 0.0175. The highest BCUT2D eigenvalue weighted by atomic mass is 16.7. The van der Waals surface area contributed by atoms with Crippen molar-refractivity contribution >= 4 is 5.97 Å². The van der Waals surface area contributed by atoms with Crippen molar-refractivity contribution in [1.82, 2.24) is 0 Å². The number of hydrogen-bond acceptors (Lipinski definition) is 4. The van der Waals surface area contributed by atoms with Crippen LogP contribution in [-0.4, -0.2) is 17.8 Å². The van der Waals surface area contributed by atoms with E-state index in [0.717, 1.165) is 5.56 Å². The van der Waals surface area contributed by atoms with Gasteiger partial charge in [-0.2, -0.15) is 0 Å². The Morgan fingerprint density at radius 2 is 2.11 bits per heavy atom. The molecule has 4 heteroatoms. The average molecular weight is 249 g/mol. The predicted octanol–water partition coefficient (Wildman–Crippen LogP) is 1.83. The van der Waals surface area contributed by atoms with E-state index >= 15 is 0 Å². The summed E-state index contributed by atoms with van der Waals surface area (Å²) in [5.41, 5.74) is 6.08. The predicted molar refractivity (Wildman–Crippen MR) is 67.5 cm³/mol. The number of carbonyl (C=O) groups excluding carboxylic acids is 1. The molecular formula is C14H19NO3. The molecule has 0 radical (unpaired) electrons. The minimum absolute atomic E-state index is 0.261. The number of carbonyl (C=O) groups is 1. The van der Waals surface area contributed by atoms with Crippen molar-refractivity contribution in [2.45, 2.75) is 38.7 Å². The summed E-state index contributed by atoms with van der Waals surface area (Å²) in [7, 11) is 0. The Kier molecular flexibility index (Phi) is 3.68. The number of nitrogens with two attached hydrogens (primary N) is 1. The number of hydrogen-bond donors (Lipinski definition) is 1. The van der Waals surface area contributed by atoms with Crippen molar-refractivity contribution in [2.24, 2.45) is 11.7 Å². The Bertz CT molecular complexity index is 418. The van der Waals surface area contributed by atoms with E-state index in [1.165, 1.54) is 0 Å². The van der Waals surface area contributed by atoms with Gasteiger partial charge in [0.1, 0.15) is 6.61 Å². The number of benzene rings is 1. The first-order valence-electron chi connectivity index (χ1n) is 6.18. The highest BCUT2D eigenvalue weighted by molar-refractivity contribution is 5.79. The van der Waals surface area contributed by atoms with Crippen LogP contribution in [0, 0.1) is 5.92 Å². The highest BCUT2D eigenvalue weighted by Gasteiger charge is 2.59. The lowest BCUT2D eigenvalue weighted by molar-refractivity contribution is -0.146. The fourth-order valence-corrected chi connectivity index (χ4v) is 2.03. The lowest BCUT2D eigenvalue weighted by Gasteiger charge is -2.09. The molecule has 2 rings (SSSR count). The lowest BCUT2D eigenvalue weighted by Crippen LogP contribution is -2.32. The van der Waals surface area contributed by atoms with Gasteiger partial charge in [0, 0.05) is 0 Å². The molecule has 0 saturated carbocycles. The lowest BCUT2D eigenvalue weighted by atomic mass is 10.0. The SMILES string of the molecule is CC(C)CC1(N)OC1C(=O)OCc1ccccc1. The van der Waals surface area contributed by atoms with Crippen LogP contribution in [0.15, 0.2) is 30.3 Å². The summed E-state index contributed by atoms with van der Waals surface area (Å²) in [4.78, 5) is 11.7. The Labute approximate surface area is 107 Å². The molecule has 2 atom stereocenters. The Hall–Kier alpha value is -1.39. The van der Waals surface area contributed by atoms with Crippen LogP contribution in [0.2, 0.25) is 0 Å². The van der Waals surface area contributed by atoms with Crippen LogP contribution >= 0.6 is 0 Å². The van der Waals surface area contributed by atoms with Gasteiger partial charge in [-0.1, -0.05) is 44.2 Å². The zero-order chi connectivity index (χ0) is 13.2. The van der Waals surface area contributed by atoms with E-state index in [2.05, 4.69) is 0 Å². The van der Waals surface area contributed by atoms with Crippen molar-refractivity contribution in [3.8, 4) is 0 Å². The molecule has 98 valence electrons. The summed E-state index contributed by atoms with van der Waals surface area (Å²) in [6.45, 7) is 4.35. The van der Waals surface area contributed by atoms with E-state index in [-0.39, 0.29) is 12.6 Å². The van der Waals surface area contributed by atoms with E-state index in [4.69, 9.17) is 15.2 Å².